The van der Waals surface area contributed by atoms with Crippen LogP contribution in [0.4, 0.5) is 4.79 Å². The Hall–Kier alpha value is -2.28. The summed E-state index contributed by atoms with van der Waals surface area (Å²) in [4.78, 5) is 24.4. The number of methoxy groups -OCH3 is 1. The Kier molecular flexibility index (Phi) is 6.65. The summed E-state index contributed by atoms with van der Waals surface area (Å²) in [5.74, 6) is -0.148. The van der Waals surface area contributed by atoms with Crippen LogP contribution >= 0.6 is 0 Å². The maximum absolute atomic E-state index is 11.9. The van der Waals surface area contributed by atoms with Crippen LogP contribution in [0, 0.1) is 5.92 Å². The zero-order valence-electron chi connectivity index (χ0n) is 13.0. The van der Waals surface area contributed by atoms with Gasteiger partial charge in [-0.15, -0.1) is 0 Å². The van der Waals surface area contributed by atoms with Gasteiger partial charge in [-0.1, -0.05) is 26.0 Å². The van der Waals surface area contributed by atoms with E-state index in [9.17, 15) is 14.7 Å². The minimum atomic E-state index is -1.49. The summed E-state index contributed by atoms with van der Waals surface area (Å²) in [5.41, 5.74) is 5.24. The molecule has 1 aromatic rings. The molecule has 0 aliphatic heterocycles. The van der Waals surface area contributed by atoms with Gasteiger partial charge in [0.05, 0.1) is 13.7 Å². The molecule has 0 spiro atoms. The number of ether oxygens (including phenoxy) is 2. The van der Waals surface area contributed by atoms with Crippen molar-refractivity contribution in [3.63, 3.8) is 0 Å². The van der Waals surface area contributed by atoms with Crippen molar-refractivity contribution in [2.24, 2.45) is 11.7 Å². The van der Waals surface area contributed by atoms with Crippen molar-refractivity contribution in [1.29, 1.82) is 0 Å². The molecule has 22 heavy (non-hydrogen) atoms. The molecule has 0 radical (unpaired) electrons. The SMILES string of the molecule is COc1ccccc1OC(=O)C(O)CN(CC(C)C)C(N)=O. The van der Waals surface area contributed by atoms with Crippen molar-refractivity contribution in [3.8, 4) is 11.5 Å². The van der Waals surface area contributed by atoms with E-state index in [0.717, 1.165) is 0 Å². The molecule has 1 rings (SSSR count). The molecule has 7 nitrogen and oxygen atoms in total. The second-order valence-electron chi connectivity index (χ2n) is 5.22. The smallest absolute Gasteiger partial charge is 0.342 e. The van der Waals surface area contributed by atoms with Crippen LogP contribution in [0.2, 0.25) is 0 Å². The average molecular weight is 310 g/mol. The van der Waals surface area contributed by atoms with Gasteiger partial charge in [0.2, 0.25) is 0 Å². The largest absolute Gasteiger partial charge is 0.493 e. The van der Waals surface area contributed by atoms with Crippen LogP contribution < -0.4 is 15.2 Å². The molecule has 0 heterocycles. The van der Waals surface area contributed by atoms with Crippen molar-refractivity contribution in [1.82, 2.24) is 4.90 Å². The van der Waals surface area contributed by atoms with Gasteiger partial charge in [-0.05, 0) is 18.1 Å². The molecule has 0 saturated heterocycles. The second-order valence-corrected chi connectivity index (χ2v) is 5.22. The number of rotatable bonds is 7. The van der Waals surface area contributed by atoms with Gasteiger partial charge in [-0.2, -0.15) is 0 Å². The third-order valence-corrected chi connectivity index (χ3v) is 2.84. The van der Waals surface area contributed by atoms with Crippen molar-refractivity contribution in [2.45, 2.75) is 20.0 Å². The number of nitrogens with zero attached hydrogens (tertiary/aromatic N) is 1. The molecule has 0 fully saturated rings. The highest BCUT2D eigenvalue weighted by molar-refractivity contribution is 5.79. The van der Waals surface area contributed by atoms with Crippen LogP contribution in [-0.2, 0) is 4.79 Å². The number of para-hydroxylation sites is 2. The third-order valence-electron chi connectivity index (χ3n) is 2.84. The van der Waals surface area contributed by atoms with E-state index in [-0.39, 0.29) is 18.2 Å². The molecule has 0 aliphatic carbocycles. The highest BCUT2D eigenvalue weighted by Crippen LogP contribution is 2.26. The van der Waals surface area contributed by atoms with Crippen LogP contribution in [0.15, 0.2) is 24.3 Å². The molecule has 0 aromatic heterocycles. The summed E-state index contributed by atoms with van der Waals surface area (Å²) in [6, 6.07) is 5.88. The van der Waals surface area contributed by atoms with Crippen molar-refractivity contribution in [2.75, 3.05) is 20.2 Å². The monoisotopic (exact) mass is 310 g/mol. The maximum atomic E-state index is 11.9. The summed E-state index contributed by atoms with van der Waals surface area (Å²) in [5, 5.41) is 9.91. The molecule has 1 aromatic carbocycles. The van der Waals surface area contributed by atoms with Crippen molar-refractivity contribution >= 4 is 12.0 Å². The number of carbonyl (C=O) groups excluding carboxylic acids is 2. The highest BCUT2D eigenvalue weighted by atomic mass is 16.6. The second kappa shape index (κ2) is 8.23. The lowest BCUT2D eigenvalue weighted by molar-refractivity contribution is -0.144. The standard InChI is InChI=1S/C15H22N2O5/c1-10(2)8-17(15(16)20)9-11(18)14(19)22-13-7-5-4-6-12(13)21-3/h4-7,10-11,18H,8-9H2,1-3H3,(H2,16,20). The van der Waals surface area contributed by atoms with Gasteiger partial charge < -0.3 is 25.2 Å². The van der Waals surface area contributed by atoms with Gasteiger partial charge in [0.15, 0.2) is 17.6 Å². The summed E-state index contributed by atoms with van der Waals surface area (Å²) >= 11 is 0. The lowest BCUT2D eigenvalue weighted by Gasteiger charge is -2.24. The molecule has 0 saturated carbocycles. The zero-order chi connectivity index (χ0) is 16.7. The quantitative estimate of drug-likeness (QED) is 0.578. The Morgan fingerprint density at radius 2 is 1.82 bits per heavy atom. The molecule has 0 bridgehead atoms. The van der Waals surface area contributed by atoms with E-state index in [1.165, 1.54) is 12.0 Å². The fourth-order valence-corrected chi connectivity index (χ4v) is 1.86. The van der Waals surface area contributed by atoms with Gasteiger partial charge in [0.1, 0.15) is 0 Å². The van der Waals surface area contributed by atoms with E-state index >= 15 is 0 Å². The predicted molar refractivity (Wildman–Crippen MR) is 80.6 cm³/mol. The first-order valence-electron chi connectivity index (χ1n) is 6.92. The van der Waals surface area contributed by atoms with E-state index < -0.39 is 18.1 Å². The van der Waals surface area contributed by atoms with E-state index in [2.05, 4.69) is 0 Å². The molecule has 3 N–H and O–H groups in total. The third kappa shape index (κ3) is 5.25. The van der Waals surface area contributed by atoms with Gasteiger partial charge in [-0.3, -0.25) is 0 Å². The number of hydrogen-bond acceptors (Lipinski definition) is 5. The van der Waals surface area contributed by atoms with Gasteiger partial charge in [0.25, 0.3) is 0 Å². The van der Waals surface area contributed by atoms with Gasteiger partial charge >= 0.3 is 12.0 Å². The molecule has 7 heteroatoms. The summed E-state index contributed by atoms with van der Waals surface area (Å²) in [7, 11) is 1.44. The average Bonchev–Trinajstić information content (AvgIpc) is 2.46. The number of hydrogen-bond donors (Lipinski definition) is 2. The molecule has 122 valence electrons. The van der Waals surface area contributed by atoms with E-state index in [1.54, 1.807) is 24.3 Å². The predicted octanol–water partition coefficient (Wildman–Crippen LogP) is 0.998. The fourth-order valence-electron chi connectivity index (χ4n) is 1.86. The summed E-state index contributed by atoms with van der Waals surface area (Å²) < 4.78 is 10.1. The number of nitrogens with two attached hydrogens (primary N) is 1. The molecular formula is C15H22N2O5. The zero-order valence-corrected chi connectivity index (χ0v) is 13.0. The summed E-state index contributed by atoms with van der Waals surface area (Å²) in [6.45, 7) is 3.92. The minimum Gasteiger partial charge on any atom is -0.493 e. The van der Waals surface area contributed by atoms with Crippen LogP contribution in [0.25, 0.3) is 0 Å². The number of primary amides is 1. The van der Waals surface area contributed by atoms with Crippen molar-refractivity contribution < 1.29 is 24.2 Å². The highest BCUT2D eigenvalue weighted by Gasteiger charge is 2.24. The Morgan fingerprint density at radius 3 is 2.32 bits per heavy atom. The van der Waals surface area contributed by atoms with Gasteiger partial charge in [-0.25, -0.2) is 9.59 Å². The Balaban J connectivity index is 2.69. The first-order valence-corrected chi connectivity index (χ1v) is 6.92. The van der Waals surface area contributed by atoms with Crippen LogP contribution in [0.5, 0.6) is 11.5 Å². The molecule has 0 aliphatic rings. The minimum absolute atomic E-state index is 0.157. The maximum Gasteiger partial charge on any atom is 0.342 e. The first-order chi connectivity index (χ1) is 10.3. The normalized spacial score (nSPS) is 11.9. The number of benzene rings is 1. The Morgan fingerprint density at radius 1 is 1.23 bits per heavy atom. The molecule has 1 atom stereocenters. The van der Waals surface area contributed by atoms with Gasteiger partial charge in [0, 0.05) is 6.54 Å². The Bertz CT molecular complexity index is 518. The van der Waals surface area contributed by atoms with Crippen LogP contribution in [0.1, 0.15) is 13.8 Å². The topological polar surface area (TPSA) is 102 Å². The van der Waals surface area contributed by atoms with E-state index in [4.69, 9.17) is 15.2 Å². The number of carbonyl (C=O) groups is 2. The number of esters is 1. The number of aliphatic hydroxyl groups excluding tert-OH is 1. The fraction of sp³-hybridized carbons (Fsp3) is 0.467. The van der Waals surface area contributed by atoms with E-state index in [0.29, 0.717) is 12.3 Å². The molecule has 2 amide bonds. The van der Waals surface area contributed by atoms with Crippen LogP contribution in [-0.4, -0.2) is 48.3 Å². The number of urea groups is 1. The lowest BCUT2D eigenvalue weighted by atomic mass is 10.2. The van der Waals surface area contributed by atoms with Crippen LogP contribution in [0.3, 0.4) is 0 Å². The summed E-state index contributed by atoms with van der Waals surface area (Å²) in [6.07, 6.45) is -1.49. The Labute approximate surface area is 129 Å². The molecular weight excluding hydrogens is 288 g/mol. The van der Waals surface area contributed by atoms with E-state index in [1.807, 2.05) is 13.8 Å². The molecule has 1 unspecified atom stereocenters. The number of amides is 2. The number of aliphatic hydroxyl groups is 1. The first kappa shape index (κ1) is 17.8. The lowest BCUT2D eigenvalue weighted by Crippen LogP contribution is -2.45. The van der Waals surface area contributed by atoms with Crippen molar-refractivity contribution in [3.05, 3.63) is 24.3 Å².